The van der Waals surface area contributed by atoms with Crippen molar-refractivity contribution in [3.63, 3.8) is 0 Å². The SMILES string of the molecule is CCc1cc(O)c(F)cc1-c1cc2[nH]ncc2c(NCc2ccccc2CS(=O)(=O)NC)n1. The van der Waals surface area contributed by atoms with Crippen molar-refractivity contribution < 1.29 is 17.9 Å². The van der Waals surface area contributed by atoms with Gasteiger partial charge in [-0.2, -0.15) is 5.10 Å². The van der Waals surface area contributed by atoms with E-state index < -0.39 is 21.6 Å². The number of H-pyrrole nitrogens is 1. The summed E-state index contributed by atoms with van der Waals surface area (Å²) in [5.41, 5.74) is 4.06. The molecule has 4 N–H and O–H groups in total. The summed E-state index contributed by atoms with van der Waals surface area (Å²) in [6, 6.07) is 11.7. The lowest BCUT2D eigenvalue weighted by atomic mass is 10.0. The lowest BCUT2D eigenvalue weighted by molar-refractivity contribution is 0.432. The van der Waals surface area contributed by atoms with E-state index in [0.29, 0.717) is 41.1 Å². The maximum atomic E-state index is 14.1. The standard InChI is InChI=1S/C23H24FN5O3S/c1-3-14-8-22(30)19(24)9-17(14)20-10-21-18(12-27-29-21)23(28-20)26-11-15-6-4-5-7-16(15)13-33(31,32)25-2/h4-10,12,25,30H,3,11,13H2,1-2H3,(H,26,28)(H,27,29). The lowest BCUT2D eigenvalue weighted by Gasteiger charge is -2.14. The molecule has 0 fully saturated rings. The third-order valence-corrected chi connectivity index (χ3v) is 6.80. The van der Waals surface area contributed by atoms with Gasteiger partial charge in [0.15, 0.2) is 11.6 Å². The number of pyridine rings is 1. The van der Waals surface area contributed by atoms with Crippen LogP contribution >= 0.6 is 0 Å². The fourth-order valence-electron chi connectivity index (χ4n) is 3.68. The van der Waals surface area contributed by atoms with Crippen LogP contribution in [0.5, 0.6) is 5.75 Å². The molecule has 0 amide bonds. The van der Waals surface area contributed by atoms with Crippen LogP contribution < -0.4 is 10.0 Å². The summed E-state index contributed by atoms with van der Waals surface area (Å²) in [6.07, 6.45) is 2.23. The van der Waals surface area contributed by atoms with Gasteiger partial charge in [0.2, 0.25) is 10.0 Å². The van der Waals surface area contributed by atoms with Gasteiger partial charge in [-0.1, -0.05) is 31.2 Å². The zero-order valence-electron chi connectivity index (χ0n) is 18.2. The Hall–Kier alpha value is -3.50. The van der Waals surface area contributed by atoms with Gasteiger partial charge in [-0.3, -0.25) is 5.10 Å². The van der Waals surface area contributed by atoms with E-state index in [1.165, 1.54) is 19.2 Å². The number of hydrogen-bond acceptors (Lipinski definition) is 6. The minimum atomic E-state index is -3.43. The number of aromatic hydroxyl groups is 1. The molecule has 0 aliphatic heterocycles. The number of aryl methyl sites for hydroxylation is 1. The summed E-state index contributed by atoms with van der Waals surface area (Å²) in [6.45, 7) is 2.25. The van der Waals surface area contributed by atoms with Crippen molar-refractivity contribution in [1.29, 1.82) is 0 Å². The molecular weight excluding hydrogens is 445 g/mol. The van der Waals surface area contributed by atoms with Crippen molar-refractivity contribution in [2.45, 2.75) is 25.6 Å². The van der Waals surface area contributed by atoms with Crippen molar-refractivity contribution in [2.24, 2.45) is 0 Å². The first-order valence-electron chi connectivity index (χ1n) is 10.4. The molecule has 4 aromatic rings. The summed E-state index contributed by atoms with van der Waals surface area (Å²) in [5, 5.41) is 20.8. The van der Waals surface area contributed by atoms with Crippen LogP contribution in [0.25, 0.3) is 22.2 Å². The molecule has 0 spiro atoms. The topological polar surface area (TPSA) is 120 Å². The van der Waals surface area contributed by atoms with E-state index >= 15 is 0 Å². The zero-order chi connectivity index (χ0) is 23.6. The second kappa shape index (κ2) is 9.16. The molecule has 10 heteroatoms. The Morgan fingerprint density at radius 2 is 1.88 bits per heavy atom. The summed E-state index contributed by atoms with van der Waals surface area (Å²) in [4.78, 5) is 4.71. The fraction of sp³-hybridized carbons (Fsp3) is 0.217. The Kier molecular flexibility index (Phi) is 6.30. The first-order valence-corrected chi connectivity index (χ1v) is 12.0. The number of nitrogens with one attached hydrogen (secondary N) is 3. The number of sulfonamides is 1. The number of hydrogen-bond donors (Lipinski definition) is 4. The van der Waals surface area contributed by atoms with Crippen LogP contribution in [0.1, 0.15) is 23.6 Å². The van der Waals surface area contributed by atoms with E-state index in [4.69, 9.17) is 4.98 Å². The second-order valence-electron chi connectivity index (χ2n) is 7.59. The largest absolute Gasteiger partial charge is 0.505 e. The van der Waals surface area contributed by atoms with E-state index in [1.54, 1.807) is 24.4 Å². The van der Waals surface area contributed by atoms with Gasteiger partial charge in [-0.05, 0) is 48.4 Å². The number of phenols is 1. The van der Waals surface area contributed by atoms with Gasteiger partial charge >= 0.3 is 0 Å². The highest BCUT2D eigenvalue weighted by Gasteiger charge is 2.16. The number of phenolic OH excluding ortho intramolecular Hbond substituents is 1. The highest BCUT2D eigenvalue weighted by molar-refractivity contribution is 7.88. The summed E-state index contributed by atoms with van der Waals surface area (Å²) in [7, 11) is -2.04. The molecule has 33 heavy (non-hydrogen) atoms. The zero-order valence-corrected chi connectivity index (χ0v) is 19.0. The molecule has 0 saturated heterocycles. The van der Waals surface area contributed by atoms with Gasteiger partial charge in [0.25, 0.3) is 0 Å². The van der Waals surface area contributed by atoms with E-state index in [1.807, 2.05) is 19.1 Å². The summed E-state index contributed by atoms with van der Waals surface area (Å²) >= 11 is 0. The van der Waals surface area contributed by atoms with Crippen molar-refractivity contribution in [1.82, 2.24) is 19.9 Å². The fourth-order valence-corrected chi connectivity index (χ4v) is 4.52. The number of aromatic nitrogens is 3. The van der Waals surface area contributed by atoms with Crippen molar-refractivity contribution in [2.75, 3.05) is 12.4 Å². The third-order valence-electron chi connectivity index (χ3n) is 5.49. The summed E-state index contributed by atoms with van der Waals surface area (Å²) in [5.74, 6) is -0.728. The minimum Gasteiger partial charge on any atom is -0.505 e. The smallest absolute Gasteiger partial charge is 0.215 e. The monoisotopic (exact) mass is 469 g/mol. The third kappa shape index (κ3) is 4.81. The predicted octanol–water partition coefficient (Wildman–Crippen LogP) is 3.69. The first kappa shape index (κ1) is 22.7. The van der Waals surface area contributed by atoms with Crippen LogP contribution in [0.4, 0.5) is 10.2 Å². The van der Waals surface area contributed by atoms with Gasteiger partial charge in [0.1, 0.15) is 5.82 Å². The predicted molar refractivity (Wildman–Crippen MR) is 126 cm³/mol. The molecular formula is C23H24FN5O3S. The minimum absolute atomic E-state index is 0.136. The van der Waals surface area contributed by atoms with Gasteiger partial charge in [0, 0.05) is 12.1 Å². The summed E-state index contributed by atoms with van der Waals surface area (Å²) < 4.78 is 40.6. The number of rotatable bonds is 8. The highest BCUT2D eigenvalue weighted by Crippen LogP contribution is 2.32. The Morgan fingerprint density at radius 3 is 2.61 bits per heavy atom. The molecule has 4 rings (SSSR count). The second-order valence-corrected chi connectivity index (χ2v) is 9.51. The highest BCUT2D eigenvalue weighted by atomic mass is 32.2. The molecule has 0 aliphatic rings. The lowest BCUT2D eigenvalue weighted by Crippen LogP contribution is -2.21. The first-order chi connectivity index (χ1) is 15.8. The Balaban J connectivity index is 1.71. The molecule has 0 aliphatic carbocycles. The average molecular weight is 470 g/mol. The molecule has 0 bridgehead atoms. The number of nitrogens with zero attached hydrogens (tertiary/aromatic N) is 2. The van der Waals surface area contributed by atoms with Crippen molar-refractivity contribution in [3.05, 3.63) is 71.2 Å². The van der Waals surface area contributed by atoms with Gasteiger partial charge < -0.3 is 10.4 Å². The molecule has 2 heterocycles. The molecule has 0 atom stereocenters. The number of fused-ring (bicyclic) bond motifs is 1. The van der Waals surface area contributed by atoms with Crippen LogP contribution in [0.2, 0.25) is 0 Å². The van der Waals surface area contributed by atoms with E-state index in [-0.39, 0.29) is 5.75 Å². The molecule has 172 valence electrons. The van der Waals surface area contributed by atoms with Gasteiger partial charge in [-0.25, -0.2) is 22.5 Å². The Bertz CT molecular complexity index is 1420. The molecule has 8 nitrogen and oxygen atoms in total. The van der Waals surface area contributed by atoms with Crippen LogP contribution in [0, 0.1) is 5.82 Å². The Labute approximate surface area is 190 Å². The molecule has 0 saturated carbocycles. The van der Waals surface area contributed by atoms with Crippen molar-refractivity contribution in [3.8, 4) is 17.0 Å². The number of anilines is 1. The molecule has 2 aromatic heterocycles. The van der Waals surface area contributed by atoms with Gasteiger partial charge in [0.05, 0.1) is 28.5 Å². The maximum Gasteiger partial charge on any atom is 0.215 e. The van der Waals surface area contributed by atoms with Crippen LogP contribution in [0.3, 0.4) is 0 Å². The maximum absolute atomic E-state index is 14.1. The van der Waals surface area contributed by atoms with Crippen LogP contribution in [0.15, 0.2) is 48.7 Å². The number of aromatic amines is 1. The number of halogens is 1. The molecule has 2 aromatic carbocycles. The van der Waals surface area contributed by atoms with E-state index in [0.717, 1.165) is 16.5 Å². The molecule has 0 radical (unpaired) electrons. The van der Waals surface area contributed by atoms with Gasteiger partial charge in [-0.15, -0.1) is 0 Å². The van der Waals surface area contributed by atoms with Crippen molar-refractivity contribution >= 4 is 26.7 Å². The Morgan fingerprint density at radius 1 is 1.12 bits per heavy atom. The van der Waals surface area contributed by atoms with E-state index in [9.17, 15) is 17.9 Å². The van der Waals surface area contributed by atoms with Crippen LogP contribution in [-0.2, 0) is 28.7 Å². The average Bonchev–Trinajstić information content (AvgIpc) is 3.28. The molecule has 0 unspecified atom stereocenters. The van der Waals surface area contributed by atoms with Crippen LogP contribution in [-0.4, -0.2) is 35.8 Å². The van der Waals surface area contributed by atoms with E-state index in [2.05, 4.69) is 20.2 Å². The quantitative estimate of drug-likeness (QED) is 0.312. The normalized spacial score (nSPS) is 11.7. The number of benzene rings is 2.